The second-order valence-corrected chi connectivity index (χ2v) is 10.6. The Balaban J connectivity index is 1.91. The number of nitrogens with zero attached hydrogens (tertiary/aromatic N) is 3. The molecule has 4 rings (SSSR count). The number of hydrogen-bond acceptors (Lipinski definition) is 6. The van der Waals surface area contributed by atoms with Crippen molar-refractivity contribution in [1.29, 1.82) is 0 Å². The minimum absolute atomic E-state index is 0.0377. The van der Waals surface area contributed by atoms with Crippen molar-refractivity contribution in [3.63, 3.8) is 0 Å². The fraction of sp³-hybridized carbons (Fsp3) is 0.259. The Morgan fingerprint density at radius 3 is 2.31 bits per heavy atom. The summed E-state index contributed by atoms with van der Waals surface area (Å²) < 4.78 is 40.5. The summed E-state index contributed by atoms with van der Waals surface area (Å²) in [5.74, 6) is 1.04. The topological polar surface area (TPSA) is 90.7 Å². The first kappa shape index (κ1) is 25.4. The third-order valence-corrected chi connectivity index (χ3v) is 8.27. The number of rotatable bonds is 7. The van der Waals surface area contributed by atoms with Gasteiger partial charge in [-0.3, -0.25) is 9.36 Å². The lowest BCUT2D eigenvalue weighted by Gasteiger charge is -2.27. The molecule has 0 N–H and O–H groups in total. The number of benzene rings is 3. The van der Waals surface area contributed by atoms with Crippen LogP contribution < -0.4 is 15.0 Å². The molecule has 36 heavy (non-hydrogen) atoms. The highest BCUT2D eigenvalue weighted by Gasteiger charge is 2.31. The van der Waals surface area contributed by atoms with Crippen molar-refractivity contribution < 1.29 is 17.9 Å². The fourth-order valence-electron chi connectivity index (χ4n) is 4.23. The summed E-state index contributed by atoms with van der Waals surface area (Å²) in [5, 5.41) is 0.457. The molecule has 0 amide bonds. The lowest BCUT2D eigenvalue weighted by atomic mass is 10.1. The highest BCUT2D eigenvalue weighted by atomic mass is 32.2. The zero-order chi connectivity index (χ0) is 26.2. The van der Waals surface area contributed by atoms with Gasteiger partial charge in [0.15, 0.2) is 11.5 Å². The van der Waals surface area contributed by atoms with Crippen LogP contribution in [0.15, 0.2) is 70.4 Å². The first-order valence-electron chi connectivity index (χ1n) is 11.4. The lowest BCUT2D eigenvalue weighted by molar-refractivity contribution is 0.352. The molecule has 0 bridgehead atoms. The monoisotopic (exact) mass is 507 g/mol. The fourth-order valence-corrected chi connectivity index (χ4v) is 5.57. The average molecular weight is 508 g/mol. The normalized spacial score (nSPS) is 12.6. The summed E-state index contributed by atoms with van der Waals surface area (Å²) in [4.78, 5) is 18.5. The number of methoxy groups -OCH3 is 2. The quantitative estimate of drug-likeness (QED) is 0.368. The Bertz CT molecular complexity index is 1610. The van der Waals surface area contributed by atoms with Crippen LogP contribution in [0.3, 0.4) is 0 Å². The van der Waals surface area contributed by atoms with E-state index in [0.29, 0.717) is 33.9 Å². The van der Waals surface area contributed by atoms with E-state index in [1.165, 1.54) is 42.3 Å². The minimum atomic E-state index is -3.98. The lowest BCUT2D eigenvalue weighted by Crippen LogP contribution is -2.35. The number of para-hydroxylation sites is 1. The molecule has 0 saturated heterocycles. The second kappa shape index (κ2) is 9.75. The molecule has 0 fully saturated rings. The van der Waals surface area contributed by atoms with Crippen molar-refractivity contribution in [3.8, 4) is 17.2 Å². The maximum Gasteiger partial charge on any atom is 0.266 e. The van der Waals surface area contributed by atoms with Gasteiger partial charge in [-0.25, -0.2) is 13.4 Å². The Morgan fingerprint density at radius 1 is 0.944 bits per heavy atom. The van der Waals surface area contributed by atoms with E-state index in [9.17, 15) is 13.2 Å². The van der Waals surface area contributed by atoms with E-state index < -0.39 is 16.1 Å². The Hall–Kier alpha value is -3.69. The van der Waals surface area contributed by atoms with Gasteiger partial charge in [0.2, 0.25) is 10.0 Å². The van der Waals surface area contributed by atoms with E-state index in [4.69, 9.17) is 14.5 Å². The molecule has 0 spiro atoms. The second-order valence-electron chi connectivity index (χ2n) is 8.63. The van der Waals surface area contributed by atoms with E-state index in [1.54, 1.807) is 37.3 Å². The van der Waals surface area contributed by atoms with Gasteiger partial charge in [0.05, 0.1) is 41.7 Å². The third-order valence-electron chi connectivity index (χ3n) is 6.35. The van der Waals surface area contributed by atoms with Crippen molar-refractivity contribution in [3.05, 3.63) is 88.0 Å². The van der Waals surface area contributed by atoms with Crippen LogP contribution in [0.4, 0.5) is 0 Å². The van der Waals surface area contributed by atoms with Crippen LogP contribution in [0.2, 0.25) is 0 Å². The molecule has 0 aliphatic heterocycles. The van der Waals surface area contributed by atoms with E-state index >= 15 is 0 Å². The highest BCUT2D eigenvalue weighted by molar-refractivity contribution is 7.89. The zero-order valence-corrected chi connectivity index (χ0v) is 22.0. The predicted octanol–water partition coefficient (Wildman–Crippen LogP) is 4.40. The summed E-state index contributed by atoms with van der Waals surface area (Å²) in [6.45, 7) is 5.61. The van der Waals surface area contributed by atoms with E-state index in [-0.39, 0.29) is 10.5 Å². The van der Waals surface area contributed by atoms with Crippen LogP contribution in [0.5, 0.6) is 11.5 Å². The first-order chi connectivity index (χ1) is 17.1. The average Bonchev–Trinajstić information content (AvgIpc) is 2.87. The standard InChI is InChI=1S/C27H29N3O5S/c1-17-11-13-23(18(2)15-17)30-26(28-22-10-8-7-9-21(22)27(30)31)19(3)29(4)36(32,33)20-12-14-24(34-5)25(16-20)35-6/h7-16,19H,1-6H3. The van der Waals surface area contributed by atoms with Crippen LogP contribution in [0.1, 0.15) is 29.9 Å². The summed E-state index contributed by atoms with van der Waals surface area (Å²) in [6.07, 6.45) is 0. The van der Waals surface area contributed by atoms with Crippen molar-refractivity contribution in [2.45, 2.75) is 31.7 Å². The maximum absolute atomic E-state index is 13.7. The van der Waals surface area contributed by atoms with Crippen molar-refractivity contribution in [1.82, 2.24) is 13.9 Å². The van der Waals surface area contributed by atoms with Gasteiger partial charge < -0.3 is 9.47 Å². The molecular formula is C27H29N3O5S. The number of ether oxygens (including phenoxy) is 2. The van der Waals surface area contributed by atoms with E-state index in [0.717, 1.165) is 11.1 Å². The summed E-state index contributed by atoms with van der Waals surface area (Å²) in [6, 6.07) is 16.5. The first-order valence-corrected chi connectivity index (χ1v) is 12.8. The molecule has 8 nitrogen and oxygen atoms in total. The summed E-state index contributed by atoms with van der Waals surface area (Å²) >= 11 is 0. The molecule has 0 saturated carbocycles. The van der Waals surface area contributed by atoms with E-state index in [2.05, 4.69) is 0 Å². The van der Waals surface area contributed by atoms with Crippen molar-refractivity contribution >= 4 is 20.9 Å². The van der Waals surface area contributed by atoms with Crippen LogP contribution >= 0.6 is 0 Å². The van der Waals surface area contributed by atoms with Gasteiger partial charge in [-0.05, 0) is 56.7 Å². The van der Waals surface area contributed by atoms with Gasteiger partial charge >= 0.3 is 0 Å². The van der Waals surface area contributed by atoms with Gasteiger partial charge in [0, 0.05) is 13.1 Å². The molecule has 0 aliphatic carbocycles. The van der Waals surface area contributed by atoms with Crippen LogP contribution in [-0.4, -0.2) is 43.5 Å². The molecular weight excluding hydrogens is 478 g/mol. The van der Waals surface area contributed by atoms with Crippen LogP contribution in [0, 0.1) is 13.8 Å². The molecule has 0 aliphatic rings. The Morgan fingerprint density at radius 2 is 1.64 bits per heavy atom. The van der Waals surface area contributed by atoms with Crippen molar-refractivity contribution in [2.24, 2.45) is 0 Å². The number of aromatic nitrogens is 2. The van der Waals surface area contributed by atoms with Gasteiger partial charge in [-0.15, -0.1) is 0 Å². The highest BCUT2D eigenvalue weighted by Crippen LogP contribution is 2.33. The molecule has 0 radical (unpaired) electrons. The van der Waals surface area contributed by atoms with Crippen molar-refractivity contribution in [2.75, 3.05) is 21.3 Å². The van der Waals surface area contributed by atoms with Crippen LogP contribution in [-0.2, 0) is 10.0 Å². The molecule has 188 valence electrons. The molecule has 9 heteroatoms. The number of sulfonamides is 1. The Kier molecular flexibility index (Phi) is 6.88. The van der Waals surface area contributed by atoms with Crippen LogP contribution in [0.25, 0.3) is 16.6 Å². The molecule has 4 aromatic rings. The predicted molar refractivity (Wildman–Crippen MR) is 140 cm³/mol. The van der Waals surface area contributed by atoms with Gasteiger partial charge in [0.1, 0.15) is 5.82 Å². The Labute approximate surface area is 210 Å². The van der Waals surface area contributed by atoms with Gasteiger partial charge in [0.25, 0.3) is 5.56 Å². The summed E-state index contributed by atoms with van der Waals surface area (Å²) in [5.41, 5.74) is 2.84. The summed E-state index contributed by atoms with van der Waals surface area (Å²) in [7, 11) is 0.424. The van der Waals surface area contributed by atoms with Gasteiger partial charge in [-0.1, -0.05) is 29.8 Å². The number of hydrogen-bond donors (Lipinski definition) is 0. The maximum atomic E-state index is 13.7. The molecule has 1 heterocycles. The molecule has 1 atom stereocenters. The smallest absolute Gasteiger partial charge is 0.266 e. The van der Waals surface area contributed by atoms with Gasteiger partial charge in [-0.2, -0.15) is 4.31 Å². The zero-order valence-electron chi connectivity index (χ0n) is 21.1. The number of fused-ring (bicyclic) bond motifs is 1. The molecule has 1 unspecified atom stereocenters. The molecule has 1 aromatic heterocycles. The SMILES string of the molecule is COc1ccc(S(=O)(=O)N(C)C(C)c2nc3ccccc3c(=O)n2-c2ccc(C)cc2C)cc1OC. The number of aryl methyl sites for hydroxylation is 2. The van der Waals surface area contributed by atoms with E-state index in [1.807, 2.05) is 32.0 Å². The third kappa shape index (κ3) is 4.36. The largest absolute Gasteiger partial charge is 0.493 e. The minimum Gasteiger partial charge on any atom is -0.493 e. The molecule has 3 aromatic carbocycles.